The molecule has 66 valence electrons. The molecule has 0 aromatic carbocycles. The molecule has 0 heterocycles. The molecule has 0 bridgehead atoms. The molecule has 0 saturated heterocycles. The van der Waals surface area contributed by atoms with Crippen LogP contribution in [0, 0.1) is 5.41 Å². The van der Waals surface area contributed by atoms with Crippen LogP contribution in [0.15, 0.2) is 0 Å². The molecular formula is C7H12F2OS. The summed E-state index contributed by atoms with van der Waals surface area (Å²) in [5, 5.41) is 8.85. The topological polar surface area (TPSA) is 20.2 Å². The second-order valence-electron chi connectivity index (χ2n) is 3.30. The van der Waals surface area contributed by atoms with E-state index in [2.05, 4.69) is 0 Å². The van der Waals surface area contributed by atoms with Crippen LogP contribution in [0.4, 0.5) is 8.78 Å². The van der Waals surface area contributed by atoms with Crippen molar-refractivity contribution in [1.82, 2.24) is 0 Å². The Bertz CT molecular complexity index is 141. The summed E-state index contributed by atoms with van der Waals surface area (Å²) in [5.41, 5.74) is -0.483. The first-order valence-electron chi connectivity index (χ1n) is 3.51. The highest BCUT2D eigenvalue weighted by Crippen LogP contribution is 2.52. The zero-order chi connectivity index (χ0) is 8.54. The molecule has 1 nitrogen and oxygen atoms in total. The van der Waals surface area contributed by atoms with E-state index in [1.807, 2.05) is 6.26 Å². The average molecular weight is 182 g/mol. The van der Waals surface area contributed by atoms with Gasteiger partial charge in [0.05, 0.1) is 0 Å². The van der Waals surface area contributed by atoms with Crippen LogP contribution < -0.4 is 0 Å². The summed E-state index contributed by atoms with van der Waals surface area (Å²) in [5.74, 6) is -1.88. The standard InChI is InChI=1S/C7H12F2OS/c1-11-5-6(4-10)2-7(8,9)3-6/h10H,2-5H2,1H3. The first kappa shape index (κ1) is 9.26. The van der Waals surface area contributed by atoms with E-state index in [1.165, 1.54) is 11.8 Å². The Balaban J connectivity index is 2.43. The van der Waals surface area contributed by atoms with Crippen molar-refractivity contribution in [1.29, 1.82) is 0 Å². The molecule has 1 saturated carbocycles. The minimum absolute atomic E-state index is 0.108. The van der Waals surface area contributed by atoms with Gasteiger partial charge in [0.1, 0.15) is 0 Å². The van der Waals surface area contributed by atoms with Crippen LogP contribution in [-0.4, -0.2) is 29.6 Å². The van der Waals surface area contributed by atoms with Crippen molar-refractivity contribution in [3.8, 4) is 0 Å². The van der Waals surface area contributed by atoms with Gasteiger partial charge in [-0.3, -0.25) is 0 Å². The molecule has 0 aromatic rings. The van der Waals surface area contributed by atoms with Crippen LogP contribution in [0.5, 0.6) is 0 Å². The number of alkyl halides is 2. The van der Waals surface area contributed by atoms with Crippen LogP contribution in [-0.2, 0) is 0 Å². The Morgan fingerprint density at radius 2 is 2.00 bits per heavy atom. The fraction of sp³-hybridized carbons (Fsp3) is 1.00. The van der Waals surface area contributed by atoms with Crippen molar-refractivity contribution >= 4 is 11.8 Å². The summed E-state index contributed by atoms with van der Waals surface area (Å²) < 4.78 is 24.8. The van der Waals surface area contributed by atoms with Crippen LogP contribution in [0.2, 0.25) is 0 Å². The Labute approximate surface area is 69.2 Å². The van der Waals surface area contributed by atoms with Gasteiger partial charge < -0.3 is 5.11 Å². The third-order valence-electron chi connectivity index (χ3n) is 2.05. The molecular weight excluding hydrogens is 170 g/mol. The molecule has 0 amide bonds. The van der Waals surface area contributed by atoms with E-state index in [0.29, 0.717) is 5.75 Å². The van der Waals surface area contributed by atoms with E-state index in [1.54, 1.807) is 0 Å². The Kier molecular flexibility index (Phi) is 2.44. The maximum atomic E-state index is 12.4. The number of hydrogen-bond acceptors (Lipinski definition) is 2. The van der Waals surface area contributed by atoms with Gasteiger partial charge >= 0.3 is 0 Å². The lowest BCUT2D eigenvalue weighted by Crippen LogP contribution is -2.49. The lowest BCUT2D eigenvalue weighted by Gasteiger charge is -2.45. The molecule has 4 heteroatoms. The van der Waals surface area contributed by atoms with Gasteiger partial charge in [0.2, 0.25) is 5.92 Å². The van der Waals surface area contributed by atoms with Crippen LogP contribution in [0.1, 0.15) is 12.8 Å². The highest BCUT2D eigenvalue weighted by Gasteiger charge is 2.55. The summed E-state index contributed by atoms with van der Waals surface area (Å²) in [6.45, 7) is -0.108. The minimum Gasteiger partial charge on any atom is -0.396 e. The van der Waals surface area contributed by atoms with Gasteiger partial charge in [0.25, 0.3) is 0 Å². The molecule has 0 spiro atoms. The summed E-state index contributed by atoms with van der Waals surface area (Å²) in [6, 6.07) is 0. The first-order valence-corrected chi connectivity index (χ1v) is 4.91. The van der Waals surface area contributed by atoms with Crippen molar-refractivity contribution < 1.29 is 13.9 Å². The quantitative estimate of drug-likeness (QED) is 0.717. The molecule has 1 rings (SSSR count). The number of rotatable bonds is 3. The van der Waals surface area contributed by atoms with Crippen molar-refractivity contribution in [2.24, 2.45) is 5.41 Å². The molecule has 1 N–H and O–H groups in total. The lowest BCUT2D eigenvalue weighted by atomic mass is 9.68. The van der Waals surface area contributed by atoms with E-state index in [-0.39, 0.29) is 19.4 Å². The first-order chi connectivity index (χ1) is 5.04. The average Bonchev–Trinajstić information content (AvgIpc) is 1.84. The van der Waals surface area contributed by atoms with Crippen LogP contribution in [0.25, 0.3) is 0 Å². The second kappa shape index (κ2) is 2.90. The second-order valence-corrected chi connectivity index (χ2v) is 4.17. The molecule has 0 radical (unpaired) electrons. The van der Waals surface area contributed by atoms with Crippen LogP contribution >= 0.6 is 11.8 Å². The van der Waals surface area contributed by atoms with E-state index in [4.69, 9.17) is 5.11 Å². The molecule has 1 aliphatic carbocycles. The normalized spacial score (nSPS) is 26.2. The monoisotopic (exact) mass is 182 g/mol. The van der Waals surface area contributed by atoms with E-state index in [0.717, 1.165) is 0 Å². The molecule has 11 heavy (non-hydrogen) atoms. The molecule has 0 atom stereocenters. The van der Waals surface area contributed by atoms with E-state index < -0.39 is 11.3 Å². The Hall–Kier alpha value is 0.170. The number of halogens is 2. The molecule has 0 aliphatic heterocycles. The highest BCUT2D eigenvalue weighted by molar-refractivity contribution is 7.98. The largest absolute Gasteiger partial charge is 0.396 e. The van der Waals surface area contributed by atoms with E-state index in [9.17, 15) is 8.78 Å². The van der Waals surface area contributed by atoms with Gasteiger partial charge in [-0.25, -0.2) is 8.78 Å². The molecule has 1 aliphatic rings. The number of hydrogen-bond donors (Lipinski definition) is 1. The van der Waals surface area contributed by atoms with Gasteiger partial charge in [-0.15, -0.1) is 0 Å². The Morgan fingerprint density at radius 1 is 1.45 bits per heavy atom. The fourth-order valence-corrected chi connectivity index (χ4v) is 2.52. The SMILES string of the molecule is CSCC1(CO)CC(F)(F)C1. The highest BCUT2D eigenvalue weighted by atomic mass is 32.2. The summed E-state index contributed by atoms with van der Waals surface area (Å²) in [6.07, 6.45) is 1.59. The maximum absolute atomic E-state index is 12.4. The van der Waals surface area contributed by atoms with Gasteiger partial charge in [-0.1, -0.05) is 0 Å². The summed E-state index contributed by atoms with van der Waals surface area (Å²) in [4.78, 5) is 0. The molecule has 0 unspecified atom stereocenters. The third kappa shape index (κ3) is 1.85. The van der Waals surface area contributed by atoms with Gasteiger partial charge in [0.15, 0.2) is 0 Å². The smallest absolute Gasteiger partial charge is 0.249 e. The van der Waals surface area contributed by atoms with Gasteiger partial charge in [-0.05, 0) is 6.26 Å². The third-order valence-corrected chi connectivity index (χ3v) is 2.95. The van der Waals surface area contributed by atoms with Crippen molar-refractivity contribution in [3.05, 3.63) is 0 Å². The Morgan fingerprint density at radius 3 is 2.27 bits per heavy atom. The van der Waals surface area contributed by atoms with Gasteiger partial charge in [-0.2, -0.15) is 11.8 Å². The zero-order valence-corrected chi connectivity index (χ0v) is 7.26. The predicted molar refractivity (Wildman–Crippen MR) is 42.1 cm³/mol. The van der Waals surface area contributed by atoms with E-state index >= 15 is 0 Å². The van der Waals surface area contributed by atoms with Crippen molar-refractivity contribution in [3.63, 3.8) is 0 Å². The minimum atomic E-state index is -2.52. The van der Waals surface area contributed by atoms with Crippen LogP contribution in [0.3, 0.4) is 0 Å². The number of aliphatic hydroxyl groups is 1. The van der Waals surface area contributed by atoms with Gasteiger partial charge in [0, 0.05) is 30.6 Å². The maximum Gasteiger partial charge on any atom is 0.249 e. The van der Waals surface area contributed by atoms with Crippen molar-refractivity contribution in [2.75, 3.05) is 18.6 Å². The summed E-state index contributed by atoms with van der Waals surface area (Å²) in [7, 11) is 0. The molecule has 0 aromatic heterocycles. The lowest BCUT2D eigenvalue weighted by molar-refractivity contribution is -0.165. The fourth-order valence-electron chi connectivity index (χ4n) is 1.61. The van der Waals surface area contributed by atoms with Crippen molar-refractivity contribution in [2.45, 2.75) is 18.8 Å². The molecule has 1 fully saturated rings. The zero-order valence-electron chi connectivity index (χ0n) is 6.44. The predicted octanol–water partition coefficient (Wildman–Crippen LogP) is 1.76. The summed E-state index contributed by atoms with van der Waals surface area (Å²) >= 11 is 1.52. The number of aliphatic hydroxyl groups excluding tert-OH is 1. The number of thioether (sulfide) groups is 1.